The highest BCUT2D eigenvalue weighted by molar-refractivity contribution is 6.31. The quantitative estimate of drug-likeness (QED) is 0.789. The Morgan fingerprint density at radius 1 is 1.26 bits per heavy atom. The van der Waals surface area contributed by atoms with E-state index in [0.717, 1.165) is 5.56 Å². The largest absolute Gasteiger partial charge is 0.495 e. The summed E-state index contributed by atoms with van der Waals surface area (Å²) in [6.45, 7) is 1.35. The van der Waals surface area contributed by atoms with Crippen LogP contribution in [0.1, 0.15) is 5.56 Å². The van der Waals surface area contributed by atoms with Crippen LogP contribution in [0.4, 0.5) is 5.69 Å². The average Bonchev–Trinajstić information content (AvgIpc) is 2.68. The van der Waals surface area contributed by atoms with Crippen molar-refractivity contribution in [3.63, 3.8) is 0 Å². The molecule has 1 atom stereocenters. The third-order valence-corrected chi connectivity index (χ3v) is 4.28. The molecule has 0 bridgehead atoms. The van der Waals surface area contributed by atoms with Gasteiger partial charge in [0.05, 0.1) is 12.8 Å². The van der Waals surface area contributed by atoms with Crippen molar-refractivity contribution in [1.29, 1.82) is 0 Å². The lowest BCUT2D eigenvalue weighted by Crippen LogP contribution is -2.39. The Balaban J connectivity index is 1.55. The zero-order valence-corrected chi connectivity index (χ0v) is 15.5. The molecule has 27 heavy (non-hydrogen) atoms. The van der Waals surface area contributed by atoms with Gasteiger partial charge in [-0.05, 0) is 30.7 Å². The van der Waals surface area contributed by atoms with Crippen LogP contribution in [-0.2, 0) is 14.3 Å². The van der Waals surface area contributed by atoms with Gasteiger partial charge in [-0.2, -0.15) is 0 Å². The molecule has 1 N–H and O–H groups in total. The van der Waals surface area contributed by atoms with Crippen LogP contribution in [0, 0.1) is 6.92 Å². The molecular weight excluding hydrogens is 374 g/mol. The molecule has 0 aromatic heterocycles. The average molecular weight is 392 g/mol. The van der Waals surface area contributed by atoms with Crippen LogP contribution in [0.3, 0.4) is 0 Å². The smallest absolute Gasteiger partial charge is 0.351 e. The number of carbonyl (C=O) groups excluding carboxylic acids is 2. The van der Waals surface area contributed by atoms with Crippen LogP contribution < -0.4 is 19.5 Å². The van der Waals surface area contributed by atoms with Crippen molar-refractivity contribution in [1.82, 2.24) is 0 Å². The third-order valence-electron chi connectivity index (χ3n) is 3.87. The molecule has 8 heteroatoms. The fourth-order valence-electron chi connectivity index (χ4n) is 2.48. The van der Waals surface area contributed by atoms with Gasteiger partial charge in [-0.25, -0.2) is 4.79 Å². The number of halogens is 1. The molecule has 0 radical (unpaired) electrons. The number of aryl methyl sites for hydroxylation is 1. The maximum atomic E-state index is 12.1. The van der Waals surface area contributed by atoms with Crippen LogP contribution in [0.25, 0.3) is 0 Å². The Bertz CT molecular complexity index is 869. The lowest BCUT2D eigenvalue weighted by molar-refractivity contribution is -0.156. The number of hydrogen-bond acceptors (Lipinski definition) is 6. The molecular formula is C19H18ClNO6. The summed E-state index contributed by atoms with van der Waals surface area (Å²) in [6, 6.07) is 10.3. The highest BCUT2D eigenvalue weighted by Crippen LogP contribution is 2.32. The lowest BCUT2D eigenvalue weighted by Gasteiger charge is -2.24. The van der Waals surface area contributed by atoms with Crippen molar-refractivity contribution in [2.24, 2.45) is 0 Å². The van der Waals surface area contributed by atoms with E-state index in [1.54, 1.807) is 43.3 Å². The summed E-state index contributed by atoms with van der Waals surface area (Å²) in [5.74, 6) is 0.228. The van der Waals surface area contributed by atoms with Gasteiger partial charge >= 0.3 is 5.97 Å². The van der Waals surface area contributed by atoms with E-state index in [-0.39, 0.29) is 6.61 Å². The van der Waals surface area contributed by atoms with Crippen molar-refractivity contribution in [3.05, 3.63) is 47.0 Å². The van der Waals surface area contributed by atoms with Crippen LogP contribution in [-0.4, -0.2) is 38.3 Å². The van der Waals surface area contributed by atoms with Crippen LogP contribution >= 0.6 is 11.6 Å². The van der Waals surface area contributed by atoms with Crippen LogP contribution in [0.5, 0.6) is 17.2 Å². The number of amides is 1. The Morgan fingerprint density at radius 2 is 2.00 bits per heavy atom. The molecule has 0 aliphatic carbocycles. The first-order valence-corrected chi connectivity index (χ1v) is 8.55. The zero-order chi connectivity index (χ0) is 19.4. The van der Waals surface area contributed by atoms with E-state index in [1.807, 2.05) is 0 Å². The van der Waals surface area contributed by atoms with Gasteiger partial charge in [0.2, 0.25) is 6.10 Å². The van der Waals surface area contributed by atoms with Gasteiger partial charge in [-0.15, -0.1) is 0 Å². The number of nitrogens with one attached hydrogen (secondary N) is 1. The SMILES string of the molecule is COc1cc(Cl)c(C)cc1NC(=O)COC(=O)C1COc2ccccc2O1. The number of rotatable bonds is 5. The number of ether oxygens (including phenoxy) is 4. The van der Waals surface area contributed by atoms with Gasteiger partial charge in [0.25, 0.3) is 5.91 Å². The highest BCUT2D eigenvalue weighted by atomic mass is 35.5. The molecule has 0 fully saturated rings. The predicted molar refractivity (Wildman–Crippen MR) is 98.7 cm³/mol. The summed E-state index contributed by atoms with van der Waals surface area (Å²) in [5, 5.41) is 3.15. The summed E-state index contributed by atoms with van der Waals surface area (Å²) in [7, 11) is 1.47. The second kappa shape index (κ2) is 8.18. The summed E-state index contributed by atoms with van der Waals surface area (Å²) < 4.78 is 21.2. The topological polar surface area (TPSA) is 83.1 Å². The Labute approximate surface area is 161 Å². The van der Waals surface area contributed by atoms with E-state index < -0.39 is 24.6 Å². The first kappa shape index (κ1) is 18.8. The van der Waals surface area contributed by atoms with Gasteiger partial charge < -0.3 is 24.3 Å². The summed E-state index contributed by atoms with van der Waals surface area (Å²) >= 11 is 6.04. The van der Waals surface area contributed by atoms with E-state index in [4.69, 9.17) is 30.5 Å². The van der Waals surface area contributed by atoms with Crippen molar-refractivity contribution < 1.29 is 28.5 Å². The molecule has 1 aliphatic heterocycles. The van der Waals surface area contributed by atoms with Gasteiger partial charge in [-0.1, -0.05) is 23.7 Å². The monoisotopic (exact) mass is 391 g/mol. The van der Waals surface area contributed by atoms with Gasteiger partial charge in [-0.3, -0.25) is 4.79 Å². The van der Waals surface area contributed by atoms with E-state index in [2.05, 4.69) is 5.32 Å². The number of anilines is 1. The molecule has 0 saturated heterocycles. The van der Waals surface area contributed by atoms with Gasteiger partial charge in [0.15, 0.2) is 18.1 Å². The highest BCUT2D eigenvalue weighted by Gasteiger charge is 2.29. The van der Waals surface area contributed by atoms with E-state index in [9.17, 15) is 9.59 Å². The Hall–Kier alpha value is -2.93. The summed E-state index contributed by atoms with van der Waals surface area (Å²) in [5.41, 5.74) is 1.21. The van der Waals surface area contributed by atoms with E-state index in [1.165, 1.54) is 7.11 Å². The maximum absolute atomic E-state index is 12.1. The lowest BCUT2D eigenvalue weighted by atomic mass is 10.2. The van der Waals surface area contributed by atoms with E-state index >= 15 is 0 Å². The summed E-state index contributed by atoms with van der Waals surface area (Å²) in [6.07, 6.45) is -0.931. The maximum Gasteiger partial charge on any atom is 0.351 e. The van der Waals surface area contributed by atoms with Crippen molar-refractivity contribution in [2.45, 2.75) is 13.0 Å². The van der Waals surface area contributed by atoms with Gasteiger partial charge in [0.1, 0.15) is 12.4 Å². The van der Waals surface area contributed by atoms with Crippen molar-refractivity contribution >= 4 is 29.2 Å². The third kappa shape index (κ3) is 4.43. The Kier molecular flexibility index (Phi) is 5.71. The second-order valence-electron chi connectivity index (χ2n) is 5.82. The fraction of sp³-hybridized carbons (Fsp3) is 0.263. The number of fused-ring (bicyclic) bond motifs is 1. The minimum absolute atomic E-state index is 0.0155. The first-order valence-electron chi connectivity index (χ1n) is 8.17. The zero-order valence-electron chi connectivity index (χ0n) is 14.8. The number of hydrogen-bond donors (Lipinski definition) is 1. The van der Waals surface area contributed by atoms with Gasteiger partial charge in [0, 0.05) is 11.1 Å². The normalized spacial score (nSPS) is 15.0. The molecule has 1 unspecified atom stereocenters. The second-order valence-corrected chi connectivity index (χ2v) is 6.23. The molecule has 1 heterocycles. The number of carbonyl (C=O) groups is 2. The molecule has 3 rings (SSSR count). The minimum Gasteiger partial charge on any atom is -0.495 e. The van der Waals surface area contributed by atoms with Crippen molar-refractivity contribution in [2.75, 3.05) is 25.6 Å². The number of benzene rings is 2. The fourth-order valence-corrected chi connectivity index (χ4v) is 2.64. The van der Waals surface area contributed by atoms with Crippen LogP contribution in [0.2, 0.25) is 5.02 Å². The molecule has 0 saturated carbocycles. The minimum atomic E-state index is -0.931. The molecule has 142 valence electrons. The van der Waals surface area contributed by atoms with Crippen LogP contribution in [0.15, 0.2) is 36.4 Å². The molecule has 2 aromatic carbocycles. The first-order chi connectivity index (χ1) is 13.0. The van der Waals surface area contributed by atoms with Crippen molar-refractivity contribution in [3.8, 4) is 17.2 Å². The molecule has 1 amide bonds. The molecule has 1 aliphatic rings. The molecule has 0 spiro atoms. The predicted octanol–water partition coefficient (Wildman–Crippen LogP) is 2.98. The molecule has 2 aromatic rings. The standard InChI is InChI=1S/C19H18ClNO6/c1-11-7-13(16(24-2)8-12(11)20)21-18(22)10-26-19(23)17-9-25-14-5-3-4-6-15(14)27-17/h3-8,17H,9-10H2,1-2H3,(H,21,22). The number of para-hydroxylation sites is 2. The number of methoxy groups -OCH3 is 1. The summed E-state index contributed by atoms with van der Waals surface area (Å²) in [4.78, 5) is 24.3. The Morgan fingerprint density at radius 3 is 2.74 bits per heavy atom. The van der Waals surface area contributed by atoms with E-state index in [0.29, 0.717) is 28.0 Å². The molecule has 7 nitrogen and oxygen atoms in total. The number of esters is 1.